The third-order valence-electron chi connectivity index (χ3n) is 3.95. The van der Waals surface area contributed by atoms with Crippen LogP contribution in [0.25, 0.3) is 0 Å². The van der Waals surface area contributed by atoms with E-state index in [0.29, 0.717) is 17.9 Å². The van der Waals surface area contributed by atoms with E-state index in [1.807, 2.05) is 0 Å². The van der Waals surface area contributed by atoms with Crippen molar-refractivity contribution in [3.63, 3.8) is 0 Å². The highest BCUT2D eigenvalue weighted by molar-refractivity contribution is 7.80. The van der Waals surface area contributed by atoms with E-state index in [2.05, 4.69) is 5.32 Å². The zero-order valence-corrected chi connectivity index (χ0v) is 13.2. The minimum atomic E-state index is -0.725. The van der Waals surface area contributed by atoms with Gasteiger partial charge in [-0.15, -0.1) is 0 Å². The lowest BCUT2D eigenvalue weighted by Crippen LogP contribution is -2.56. The fourth-order valence-corrected chi connectivity index (χ4v) is 3.15. The zero-order chi connectivity index (χ0) is 15.5. The average molecular weight is 329 g/mol. The second-order valence-corrected chi connectivity index (χ2v) is 6.32. The van der Waals surface area contributed by atoms with E-state index in [1.54, 1.807) is 0 Å². The number of nitrogens with one attached hydrogen (secondary N) is 1. The van der Waals surface area contributed by atoms with Gasteiger partial charge in [-0.3, -0.25) is 4.79 Å². The van der Waals surface area contributed by atoms with Gasteiger partial charge in [0.05, 0.1) is 16.1 Å². The Balaban J connectivity index is 2.26. The number of carbonyl (C=O) groups is 1. The highest BCUT2D eigenvalue weighted by atomic mass is 35.5. The summed E-state index contributed by atoms with van der Waals surface area (Å²) in [5.74, 6) is -1.13. The normalized spacial score (nSPS) is 17.8. The summed E-state index contributed by atoms with van der Waals surface area (Å²) in [6, 6.07) is 3.90. The highest BCUT2D eigenvalue weighted by Gasteiger charge is 2.36. The molecule has 0 bridgehead atoms. The van der Waals surface area contributed by atoms with Crippen molar-refractivity contribution in [3.05, 3.63) is 34.6 Å². The van der Waals surface area contributed by atoms with Gasteiger partial charge in [0.1, 0.15) is 5.82 Å². The van der Waals surface area contributed by atoms with Crippen LogP contribution in [0.3, 0.4) is 0 Å². The van der Waals surface area contributed by atoms with Crippen LogP contribution in [0, 0.1) is 5.82 Å². The molecule has 1 fully saturated rings. The highest BCUT2D eigenvalue weighted by Crippen LogP contribution is 2.28. The Kier molecular flexibility index (Phi) is 5.17. The maximum absolute atomic E-state index is 13.8. The molecule has 0 saturated heterocycles. The summed E-state index contributed by atoms with van der Waals surface area (Å²) in [6.07, 6.45) is 5.44. The second-order valence-electron chi connectivity index (χ2n) is 5.44. The number of rotatable bonds is 3. The first-order chi connectivity index (χ1) is 9.94. The van der Waals surface area contributed by atoms with E-state index < -0.39 is 17.3 Å². The van der Waals surface area contributed by atoms with E-state index in [1.165, 1.54) is 18.2 Å². The van der Waals surface area contributed by atoms with Crippen LogP contribution < -0.4 is 11.1 Å². The Hall–Kier alpha value is -1.20. The van der Waals surface area contributed by atoms with Gasteiger partial charge >= 0.3 is 0 Å². The maximum atomic E-state index is 13.8. The molecule has 0 radical (unpaired) electrons. The average Bonchev–Trinajstić information content (AvgIpc) is 2.68. The lowest BCUT2D eigenvalue weighted by molar-refractivity contribution is 0.0913. The van der Waals surface area contributed by atoms with Gasteiger partial charge in [-0.25, -0.2) is 4.39 Å². The first kappa shape index (κ1) is 16.2. The molecule has 0 aliphatic heterocycles. The van der Waals surface area contributed by atoms with E-state index in [-0.39, 0.29) is 10.6 Å². The first-order valence-electron chi connectivity index (χ1n) is 7.02. The number of hydrogen-bond donors (Lipinski definition) is 2. The van der Waals surface area contributed by atoms with Crippen molar-refractivity contribution in [2.45, 2.75) is 44.1 Å². The Morgan fingerprint density at radius 3 is 2.48 bits per heavy atom. The predicted octanol–water partition coefficient (Wildman–Crippen LogP) is 3.59. The third-order valence-corrected chi connectivity index (χ3v) is 4.58. The number of halogens is 2. The molecule has 1 aliphatic rings. The van der Waals surface area contributed by atoms with Crippen LogP contribution in [0.1, 0.15) is 48.9 Å². The molecule has 3 nitrogen and oxygen atoms in total. The molecule has 2 rings (SSSR count). The van der Waals surface area contributed by atoms with Gasteiger partial charge in [0.25, 0.3) is 5.91 Å². The summed E-state index contributed by atoms with van der Waals surface area (Å²) >= 11 is 11.0. The molecule has 1 aromatic carbocycles. The number of thiocarbonyl (C=S) groups is 1. The number of nitrogens with two attached hydrogens (primary N) is 1. The number of amides is 1. The molecule has 1 amide bonds. The van der Waals surface area contributed by atoms with Gasteiger partial charge in [-0.05, 0) is 31.0 Å². The molecule has 114 valence electrons. The maximum Gasteiger partial charge on any atom is 0.255 e. The molecule has 1 aromatic rings. The number of benzene rings is 1. The zero-order valence-electron chi connectivity index (χ0n) is 11.6. The molecule has 0 unspecified atom stereocenters. The van der Waals surface area contributed by atoms with E-state index >= 15 is 0 Å². The SMILES string of the molecule is NC(=S)C1(NC(=O)c2cc(Cl)ccc2F)CCCCCC1. The molecule has 0 spiro atoms. The first-order valence-corrected chi connectivity index (χ1v) is 7.81. The molecule has 0 aromatic heterocycles. The van der Waals surface area contributed by atoms with Crippen molar-refractivity contribution < 1.29 is 9.18 Å². The minimum Gasteiger partial charge on any atom is -0.391 e. The smallest absolute Gasteiger partial charge is 0.255 e. The number of hydrogen-bond acceptors (Lipinski definition) is 2. The van der Waals surface area contributed by atoms with Crippen molar-refractivity contribution in [2.24, 2.45) is 5.73 Å². The molecule has 1 aliphatic carbocycles. The fraction of sp³-hybridized carbons (Fsp3) is 0.467. The lowest BCUT2D eigenvalue weighted by atomic mass is 9.89. The fourth-order valence-electron chi connectivity index (χ4n) is 2.72. The van der Waals surface area contributed by atoms with Crippen LogP contribution in [-0.2, 0) is 0 Å². The van der Waals surface area contributed by atoms with Gasteiger partial charge in [-0.2, -0.15) is 0 Å². The molecule has 1 saturated carbocycles. The van der Waals surface area contributed by atoms with Gasteiger partial charge in [0, 0.05) is 5.02 Å². The summed E-state index contributed by atoms with van der Waals surface area (Å²) in [6.45, 7) is 0. The predicted molar refractivity (Wildman–Crippen MR) is 86.1 cm³/mol. The van der Waals surface area contributed by atoms with Crippen molar-refractivity contribution in [1.82, 2.24) is 5.32 Å². The van der Waals surface area contributed by atoms with Crippen LogP contribution in [0.15, 0.2) is 18.2 Å². The monoisotopic (exact) mass is 328 g/mol. The molecule has 21 heavy (non-hydrogen) atoms. The Morgan fingerprint density at radius 1 is 1.29 bits per heavy atom. The standard InChI is InChI=1S/C15H18ClFN2OS/c16-10-5-6-12(17)11(9-10)13(20)19-15(14(18)21)7-3-1-2-4-8-15/h5-6,9H,1-4,7-8H2,(H2,18,21)(H,19,20). The molecular weight excluding hydrogens is 311 g/mol. The van der Waals surface area contributed by atoms with Crippen molar-refractivity contribution in [3.8, 4) is 0 Å². The molecule has 3 N–H and O–H groups in total. The van der Waals surface area contributed by atoms with Crippen molar-refractivity contribution in [1.29, 1.82) is 0 Å². The van der Waals surface area contributed by atoms with E-state index in [9.17, 15) is 9.18 Å². The van der Waals surface area contributed by atoms with Gasteiger partial charge in [0.15, 0.2) is 0 Å². The number of carbonyl (C=O) groups excluding carboxylic acids is 1. The van der Waals surface area contributed by atoms with Crippen LogP contribution in [0.2, 0.25) is 5.02 Å². The molecular formula is C15H18ClFN2OS. The Bertz CT molecular complexity index is 557. The quantitative estimate of drug-likeness (QED) is 0.658. The minimum absolute atomic E-state index is 0.0811. The van der Waals surface area contributed by atoms with Crippen molar-refractivity contribution >= 4 is 34.7 Å². The van der Waals surface area contributed by atoms with Gasteiger partial charge < -0.3 is 11.1 Å². The summed E-state index contributed by atoms with van der Waals surface area (Å²) in [5.41, 5.74) is 5.06. The van der Waals surface area contributed by atoms with Crippen LogP contribution in [0.4, 0.5) is 4.39 Å². The Labute approximate surface area is 134 Å². The summed E-state index contributed by atoms with van der Waals surface area (Å²) < 4.78 is 13.8. The van der Waals surface area contributed by atoms with E-state index in [4.69, 9.17) is 29.6 Å². The van der Waals surface area contributed by atoms with Crippen LogP contribution >= 0.6 is 23.8 Å². The Morgan fingerprint density at radius 2 is 1.90 bits per heavy atom. The van der Waals surface area contributed by atoms with Crippen LogP contribution in [-0.4, -0.2) is 16.4 Å². The summed E-state index contributed by atoms with van der Waals surface area (Å²) in [4.78, 5) is 12.6. The second kappa shape index (κ2) is 6.71. The van der Waals surface area contributed by atoms with Crippen LogP contribution in [0.5, 0.6) is 0 Å². The van der Waals surface area contributed by atoms with Gasteiger partial charge in [-0.1, -0.05) is 49.5 Å². The topological polar surface area (TPSA) is 55.1 Å². The van der Waals surface area contributed by atoms with E-state index in [0.717, 1.165) is 25.7 Å². The lowest BCUT2D eigenvalue weighted by Gasteiger charge is -2.33. The molecule has 0 atom stereocenters. The molecule has 0 heterocycles. The summed E-state index contributed by atoms with van der Waals surface area (Å²) in [5, 5.41) is 3.16. The van der Waals surface area contributed by atoms with Gasteiger partial charge in [0.2, 0.25) is 0 Å². The third kappa shape index (κ3) is 3.71. The van der Waals surface area contributed by atoms with Crippen molar-refractivity contribution in [2.75, 3.05) is 0 Å². The molecule has 6 heteroatoms. The summed E-state index contributed by atoms with van der Waals surface area (Å²) in [7, 11) is 0. The largest absolute Gasteiger partial charge is 0.391 e.